The van der Waals surface area contributed by atoms with Crippen LogP contribution in [-0.4, -0.2) is 5.78 Å². The van der Waals surface area contributed by atoms with Crippen LogP contribution in [0.15, 0.2) is 11.6 Å². The molecule has 3 atom stereocenters. The molecule has 0 amide bonds. The molecule has 96 valence electrons. The summed E-state index contributed by atoms with van der Waals surface area (Å²) in [5.41, 5.74) is 1.32. The van der Waals surface area contributed by atoms with Crippen LogP contribution in [0.25, 0.3) is 0 Å². The smallest absolute Gasteiger partial charge is 0.156 e. The van der Waals surface area contributed by atoms with Gasteiger partial charge in [0.1, 0.15) is 0 Å². The number of carbonyl (C=O) groups is 1. The molecule has 0 aromatic carbocycles. The summed E-state index contributed by atoms with van der Waals surface area (Å²) >= 11 is 5.37. The summed E-state index contributed by atoms with van der Waals surface area (Å²) in [6, 6.07) is 0. The van der Waals surface area contributed by atoms with Gasteiger partial charge in [0.15, 0.2) is 5.78 Å². The summed E-state index contributed by atoms with van der Waals surface area (Å²) < 4.78 is 0. The maximum Gasteiger partial charge on any atom is 0.156 e. The van der Waals surface area contributed by atoms with Gasteiger partial charge in [-0.15, -0.1) is 0 Å². The molecule has 0 heterocycles. The second-order valence-corrected chi connectivity index (χ2v) is 6.03. The zero-order chi connectivity index (χ0) is 12.1. The van der Waals surface area contributed by atoms with Crippen LogP contribution in [-0.2, 0) is 4.79 Å². The highest BCUT2D eigenvalue weighted by atomic mass is 35.5. The molecule has 2 rings (SSSR count). The minimum atomic E-state index is 0.171. The molecular formula is C15H23ClO. The monoisotopic (exact) mass is 254 g/mol. The molecule has 2 heteroatoms. The highest BCUT2D eigenvalue weighted by Gasteiger charge is 2.34. The molecule has 1 nitrogen and oxygen atoms in total. The normalized spacial score (nSPS) is 32.2. The highest BCUT2D eigenvalue weighted by Crippen LogP contribution is 2.46. The van der Waals surface area contributed by atoms with Crippen LogP contribution < -0.4 is 0 Å². The minimum absolute atomic E-state index is 0.171. The molecule has 0 aromatic rings. The van der Waals surface area contributed by atoms with Crippen molar-refractivity contribution in [2.75, 3.05) is 0 Å². The molecule has 0 N–H and O–H groups in total. The lowest BCUT2D eigenvalue weighted by Gasteiger charge is -2.28. The third-order valence-electron chi connectivity index (χ3n) is 4.69. The first kappa shape index (κ1) is 13.1. The van der Waals surface area contributed by atoms with Crippen LogP contribution in [0.4, 0.5) is 0 Å². The van der Waals surface area contributed by atoms with E-state index in [4.69, 9.17) is 11.6 Å². The molecule has 3 unspecified atom stereocenters. The highest BCUT2D eigenvalue weighted by molar-refractivity contribution is 6.26. The second kappa shape index (κ2) is 6.58. The fourth-order valence-electron chi connectivity index (χ4n) is 3.73. The topological polar surface area (TPSA) is 17.1 Å². The van der Waals surface area contributed by atoms with Crippen LogP contribution in [0.1, 0.15) is 57.8 Å². The molecule has 2 aliphatic rings. The number of fused-ring (bicyclic) bond motifs is 2. The van der Waals surface area contributed by atoms with Crippen molar-refractivity contribution < 1.29 is 4.79 Å². The standard InChI is InChI=1S/C15H23ClO/c16-10-9-15(17)4-2-1-3-13-7-5-12-6-8-14(13)11-12/h9-10,12-14H,1-8,11H2. The number of carbonyl (C=O) groups excluding carboxylic acids is 1. The number of halogens is 1. The van der Waals surface area contributed by atoms with E-state index >= 15 is 0 Å². The van der Waals surface area contributed by atoms with Gasteiger partial charge in [0.05, 0.1) is 0 Å². The van der Waals surface area contributed by atoms with Gasteiger partial charge in [-0.25, -0.2) is 0 Å². The SMILES string of the molecule is O=C(C=CCl)CCCCC1CCC2CCC1C2. The Morgan fingerprint density at radius 3 is 2.82 bits per heavy atom. The number of ketones is 1. The molecule has 0 spiro atoms. The van der Waals surface area contributed by atoms with Crippen molar-refractivity contribution >= 4 is 17.4 Å². The van der Waals surface area contributed by atoms with E-state index in [9.17, 15) is 4.79 Å². The fraction of sp³-hybridized carbons (Fsp3) is 0.800. The fourth-order valence-corrected chi connectivity index (χ4v) is 3.87. The van der Waals surface area contributed by atoms with Crippen molar-refractivity contribution in [1.29, 1.82) is 0 Å². The van der Waals surface area contributed by atoms with Gasteiger partial charge in [-0.2, -0.15) is 0 Å². The molecule has 0 aromatic heterocycles. The maximum atomic E-state index is 11.3. The average Bonchev–Trinajstić information content (AvgIpc) is 2.70. The second-order valence-electron chi connectivity index (χ2n) is 5.78. The van der Waals surface area contributed by atoms with Crippen molar-refractivity contribution in [2.45, 2.75) is 57.8 Å². The summed E-state index contributed by atoms with van der Waals surface area (Å²) in [5.74, 6) is 3.22. The molecule has 2 aliphatic carbocycles. The van der Waals surface area contributed by atoms with Crippen LogP contribution in [0.3, 0.4) is 0 Å². The van der Waals surface area contributed by atoms with Crippen molar-refractivity contribution in [3.63, 3.8) is 0 Å². The minimum Gasteiger partial charge on any atom is -0.295 e. The zero-order valence-electron chi connectivity index (χ0n) is 10.5. The Kier molecular flexibility index (Phi) is 5.09. The van der Waals surface area contributed by atoms with E-state index in [0.717, 1.165) is 24.2 Å². The van der Waals surface area contributed by atoms with E-state index in [1.54, 1.807) is 0 Å². The third-order valence-corrected chi connectivity index (χ3v) is 4.82. The van der Waals surface area contributed by atoms with Crippen LogP contribution in [0.2, 0.25) is 0 Å². The van der Waals surface area contributed by atoms with Gasteiger partial charge in [0.25, 0.3) is 0 Å². The first-order chi connectivity index (χ1) is 8.29. The number of allylic oxidation sites excluding steroid dienone is 1. The lowest BCUT2D eigenvalue weighted by atomic mass is 9.77. The summed E-state index contributed by atoms with van der Waals surface area (Å²) in [6.45, 7) is 0. The number of rotatable bonds is 6. The van der Waals surface area contributed by atoms with Crippen LogP contribution >= 0.6 is 11.6 Å². The molecule has 2 bridgehead atoms. The molecule has 0 saturated heterocycles. The van der Waals surface area contributed by atoms with E-state index in [1.165, 1.54) is 56.6 Å². The molecule has 2 fully saturated rings. The van der Waals surface area contributed by atoms with Gasteiger partial charge in [0, 0.05) is 12.0 Å². The Labute approximate surface area is 110 Å². The van der Waals surface area contributed by atoms with E-state index in [0.29, 0.717) is 6.42 Å². The predicted molar refractivity (Wildman–Crippen MR) is 72.0 cm³/mol. The summed E-state index contributed by atoms with van der Waals surface area (Å²) in [4.78, 5) is 11.3. The molecular weight excluding hydrogens is 232 g/mol. The van der Waals surface area contributed by atoms with Gasteiger partial charge in [0.2, 0.25) is 0 Å². The Hall–Kier alpha value is -0.300. The number of unbranched alkanes of at least 4 members (excludes halogenated alkanes) is 1. The first-order valence-corrected chi connectivity index (χ1v) is 7.53. The van der Waals surface area contributed by atoms with E-state index in [1.807, 2.05) is 0 Å². The average molecular weight is 255 g/mol. The lowest BCUT2D eigenvalue weighted by Crippen LogP contribution is -2.17. The number of hydrogen-bond donors (Lipinski definition) is 0. The summed E-state index contributed by atoms with van der Waals surface area (Å²) in [5, 5.41) is 0. The predicted octanol–water partition coefficient (Wildman–Crippen LogP) is 4.69. The van der Waals surface area contributed by atoms with Gasteiger partial charge in [-0.1, -0.05) is 37.3 Å². The summed E-state index contributed by atoms with van der Waals surface area (Å²) in [7, 11) is 0. The molecule has 0 radical (unpaired) electrons. The van der Waals surface area contributed by atoms with Gasteiger partial charge >= 0.3 is 0 Å². The molecule has 2 saturated carbocycles. The Morgan fingerprint density at radius 1 is 1.18 bits per heavy atom. The quantitative estimate of drug-likeness (QED) is 0.496. The van der Waals surface area contributed by atoms with Gasteiger partial charge in [-0.05, 0) is 49.5 Å². The van der Waals surface area contributed by atoms with Crippen molar-refractivity contribution in [2.24, 2.45) is 17.8 Å². The zero-order valence-corrected chi connectivity index (χ0v) is 11.3. The lowest BCUT2D eigenvalue weighted by molar-refractivity contribution is -0.114. The molecule has 0 aliphatic heterocycles. The van der Waals surface area contributed by atoms with Crippen LogP contribution in [0.5, 0.6) is 0 Å². The van der Waals surface area contributed by atoms with Crippen molar-refractivity contribution in [1.82, 2.24) is 0 Å². The first-order valence-electron chi connectivity index (χ1n) is 7.09. The molecule has 17 heavy (non-hydrogen) atoms. The van der Waals surface area contributed by atoms with E-state index < -0.39 is 0 Å². The summed E-state index contributed by atoms with van der Waals surface area (Å²) in [6.07, 6.45) is 13.1. The maximum absolute atomic E-state index is 11.3. The van der Waals surface area contributed by atoms with E-state index in [2.05, 4.69) is 0 Å². The van der Waals surface area contributed by atoms with Crippen LogP contribution in [0, 0.1) is 17.8 Å². The van der Waals surface area contributed by atoms with Crippen molar-refractivity contribution in [3.05, 3.63) is 11.6 Å². The Morgan fingerprint density at radius 2 is 2.00 bits per heavy atom. The van der Waals surface area contributed by atoms with Crippen molar-refractivity contribution in [3.8, 4) is 0 Å². The van der Waals surface area contributed by atoms with Gasteiger partial charge in [-0.3, -0.25) is 4.79 Å². The largest absolute Gasteiger partial charge is 0.295 e. The number of hydrogen-bond acceptors (Lipinski definition) is 1. The Balaban J connectivity index is 1.60. The Bertz CT molecular complexity index is 285. The third kappa shape index (κ3) is 3.84. The van der Waals surface area contributed by atoms with Gasteiger partial charge < -0.3 is 0 Å². The van der Waals surface area contributed by atoms with E-state index in [-0.39, 0.29) is 5.78 Å².